The Hall–Kier alpha value is -1.14. The minimum Gasteiger partial charge on any atom is -0.342 e. The standard InChI is InChI=1S/C15H17Cl2N3O2/c1-2-3-12-7-21-15(22-12,8-20-10-18-9-19-20)11-4-5-13(16)14(17)6-11/h4-6,9-10,12H,2-3,7-8H2,1H3. The van der Waals surface area contributed by atoms with Gasteiger partial charge in [-0.3, -0.25) is 0 Å². The van der Waals surface area contributed by atoms with Gasteiger partial charge in [0, 0.05) is 5.56 Å². The quantitative estimate of drug-likeness (QED) is 0.832. The van der Waals surface area contributed by atoms with Crippen LogP contribution in [0.4, 0.5) is 0 Å². The molecule has 7 heteroatoms. The fourth-order valence-corrected chi connectivity index (χ4v) is 2.91. The summed E-state index contributed by atoms with van der Waals surface area (Å²) in [5.41, 5.74) is 0.830. The first kappa shape index (κ1) is 15.7. The van der Waals surface area contributed by atoms with E-state index in [0.29, 0.717) is 23.2 Å². The number of rotatable bonds is 5. The number of aromatic nitrogens is 3. The molecule has 1 saturated heterocycles. The summed E-state index contributed by atoms with van der Waals surface area (Å²) in [4.78, 5) is 3.97. The third kappa shape index (κ3) is 3.13. The fraction of sp³-hybridized carbons (Fsp3) is 0.467. The number of hydrogen-bond donors (Lipinski definition) is 0. The molecule has 1 aliphatic heterocycles. The number of halogens is 2. The van der Waals surface area contributed by atoms with Crippen LogP contribution < -0.4 is 0 Å². The third-order valence-corrected chi connectivity index (χ3v) is 4.41. The summed E-state index contributed by atoms with van der Waals surface area (Å²) in [6, 6.07) is 5.41. The molecule has 5 nitrogen and oxygen atoms in total. The topological polar surface area (TPSA) is 49.2 Å². The van der Waals surface area contributed by atoms with Gasteiger partial charge in [-0.05, 0) is 18.6 Å². The summed E-state index contributed by atoms with van der Waals surface area (Å²) < 4.78 is 14.0. The summed E-state index contributed by atoms with van der Waals surface area (Å²) >= 11 is 12.2. The maximum Gasteiger partial charge on any atom is 0.215 e. The maximum absolute atomic E-state index is 6.23. The molecule has 1 fully saturated rings. The van der Waals surface area contributed by atoms with Crippen molar-refractivity contribution in [2.75, 3.05) is 6.61 Å². The van der Waals surface area contributed by atoms with Crippen molar-refractivity contribution in [1.29, 1.82) is 0 Å². The lowest BCUT2D eigenvalue weighted by Crippen LogP contribution is -2.34. The molecular weight excluding hydrogens is 325 g/mol. The Labute approximate surface area is 139 Å². The highest BCUT2D eigenvalue weighted by molar-refractivity contribution is 6.42. The van der Waals surface area contributed by atoms with Crippen molar-refractivity contribution in [2.24, 2.45) is 0 Å². The number of hydrogen-bond acceptors (Lipinski definition) is 4. The molecule has 2 atom stereocenters. The van der Waals surface area contributed by atoms with Crippen LogP contribution in [0.1, 0.15) is 25.3 Å². The highest BCUT2D eigenvalue weighted by Gasteiger charge is 2.44. The van der Waals surface area contributed by atoms with Gasteiger partial charge in [-0.1, -0.05) is 42.6 Å². The second-order valence-electron chi connectivity index (χ2n) is 5.31. The molecule has 0 spiro atoms. The van der Waals surface area contributed by atoms with Crippen LogP contribution in [0.5, 0.6) is 0 Å². The van der Waals surface area contributed by atoms with Crippen molar-refractivity contribution >= 4 is 23.2 Å². The van der Waals surface area contributed by atoms with E-state index < -0.39 is 5.79 Å². The molecule has 1 aromatic heterocycles. The van der Waals surface area contributed by atoms with Gasteiger partial charge in [-0.2, -0.15) is 5.10 Å². The molecule has 22 heavy (non-hydrogen) atoms. The summed E-state index contributed by atoms with van der Waals surface area (Å²) in [7, 11) is 0. The zero-order valence-electron chi connectivity index (χ0n) is 12.2. The van der Waals surface area contributed by atoms with Crippen LogP contribution in [-0.2, 0) is 21.8 Å². The zero-order chi connectivity index (χ0) is 15.6. The van der Waals surface area contributed by atoms with Gasteiger partial charge in [0.05, 0.1) is 22.8 Å². The number of benzene rings is 1. The Bertz CT molecular complexity index is 636. The van der Waals surface area contributed by atoms with E-state index >= 15 is 0 Å². The van der Waals surface area contributed by atoms with Crippen LogP contribution in [0.2, 0.25) is 10.0 Å². The van der Waals surface area contributed by atoms with E-state index in [0.717, 1.165) is 18.4 Å². The van der Waals surface area contributed by atoms with E-state index in [4.69, 9.17) is 32.7 Å². The lowest BCUT2D eigenvalue weighted by atomic mass is 10.1. The van der Waals surface area contributed by atoms with E-state index in [1.165, 1.54) is 6.33 Å². The van der Waals surface area contributed by atoms with Crippen LogP contribution in [0, 0.1) is 0 Å². The van der Waals surface area contributed by atoms with Crippen LogP contribution in [-0.4, -0.2) is 27.5 Å². The average Bonchev–Trinajstić information content (AvgIpc) is 3.14. The first-order valence-corrected chi connectivity index (χ1v) is 7.98. The molecule has 0 radical (unpaired) electrons. The monoisotopic (exact) mass is 341 g/mol. The summed E-state index contributed by atoms with van der Waals surface area (Å²) in [5.74, 6) is -0.915. The van der Waals surface area contributed by atoms with Gasteiger partial charge in [0.2, 0.25) is 5.79 Å². The van der Waals surface area contributed by atoms with Crippen molar-refractivity contribution in [2.45, 2.75) is 38.2 Å². The fourth-order valence-electron chi connectivity index (χ4n) is 2.62. The lowest BCUT2D eigenvalue weighted by molar-refractivity contribution is -0.189. The van der Waals surface area contributed by atoms with Gasteiger partial charge in [-0.25, -0.2) is 9.67 Å². The molecule has 0 bridgehead atoms. The Balaban J connectivity index is 1.94. The number of nitrogens with zero attached hydrogens (tertiary/aromatic N) is 3. The molecule has 1 aliphatic rings. The van der Waals surface area contributed by atoms with Crippen LogP contribution in [0.25, 0.3) is 0 Å². The molecule has 0 N–H and O–H groups in total. The van der Waals surface area contributed by atoms with Crippen LogP contribution >= 0.6 is 23.2 Å². The summed E-state index contributed by atoms with van der Waals surface area (Å²) in [6.45, 7) is 3.08. The first-order chi connectivity index (χ1) is 10.6. The van der Waals surface area contributed by atoms with Gasteiger partial charge in [-0.15, -0.1) is 0 Å². The molecule has 0 saturated carbocycles. The molecule has 0 amide bonds. The van der Waals surface area contributed by atoms with Gasteiger partial charge >= 0.3 is 0 Å². The predicted molar refractivity (Wildman–Crippen MR) is 83.9 cm³/mol. The van der Waals surface area contributed by atoms with Gasteiger partial charge in [0.15, 0.2) is 0 Å². The Morgan fingerprint density at radius 3 is 2.91 bits per heavy atom. The predicted octanol–water partition coefficient (Wildman–Crippen LogP) is 3.65. The molecule has 3 rings (SSSR count). The normalized spacial score (nSPS) is 24.8. The smallest absolute Gasteiger partial charge is 0.215 e. The largest absolute Gasteiger partial charge is 0.342 e. The molecule has 2 heterocycles. The Kier molecular flexibility index (Phi) is 4.68. The highest BCUT2D eigenvalue weighted by Crippen LogP contribution is 2.39. The van der Waals surface area contributed by atoms with E-state index in [-0.39, 0.29) is 6.10 Å². The maximum atomic E-state index is 6.23. The molecule has 0 aliphatic carbocycles. The first-order valence-electron chi connectivity index (χ1n) is 7.22. The summed E-state index contributed by atoms with van der Waals surface area (Å²) in [5, 5.41) is 5.13. The van der Waals surface area contributed by atoms with Gasteiger partial charge in [0.1, 0.15) is 19.2 Å². The van der Waals surface area contributed by atoms with Crippen molar-refractivity contribution in [3.8, 4) is 0 Å². The second kappa shape index (κ2) is 6.54. The highest BCUT2D eigenvalue weighted by atomic mass is 35.5. The molecule has 1 aromatic carbocycles. The van der Waals surface area contributed by atoms with E-state index in [9.17, 15) is 0 Å². The third-order valence-electron chi connectivity index (χ3n) is 3.67. The Morgan fingerprint density at radius 2 is 2.23 bits per heavy atom. The SMILES string of the molecule is CCCC1COC(Cn2cncn2)(c2ccc(Cl)c(Cl)c2)O1. The zero-order valence-corrected chi connectivity index (χ0v) is 13.7. The second-order valence-corrected chi connectivity index (χ2v) is 6.13. The minimum atomic E-state index is -0.915. The van der Waals surface area contributed by atoms with Crippen LogP contribution in [0.3, 0.4) is 0 Å². The molecule has 2 unspecified atom stereocenters. The molecular formula is C15H17Cl2N3O2. The van der Waals surface area contributed by atoms with Crippen LogP contribution in [0.15, 0.2) is 30.9 Å². The van der Waals surface area contributed by atoms with E-state index in [2.05, 4.69) is 17.0 Å². The van der Waals surface area contributed by atoms with Gasteiger partial charge in [0.25, 0.3) is 0 Å². The van der Waals surface area contributed by atoms with E-state index in [1.54, 1.807) is 23.1 Å². The van der Waals surface area contributed by atoms with Crippen molar-refractivity contribution < 1.29 is 9.47 Å². The lowest BCUT2D eigenvalue weighted by Gasteiger charge is -2.28. The van der Waals surface area contributed by atoms with Gasteiger partial charge < -0.3 is 9.47 Å². The molecule has 2 aromatic rings. The Morgan fingerprint density at radius 1 is 1.36 bits per heavy atom. The van der Waals surface area contributed by atoms with Crippen molar-refractivity contribution in [1.82, 2.24) is 14.8 Å². The van der Waals surface area contributed by atoms with Crippen molar-refractivity contribution in [3.05, 3.63) is 46.5 Å². The van der Waals surface area contributed by atoms with E-state index in [1.807, 2.05) is 6.07 Å². The minimum absolute atomic E-state index is 0.0583. The average molecular weight is 342 g/mol. The summed E-state index contributed by atoms with van der Waals surface area (Å²) in [6.07, 6.45) is 5.16. The molecule has 118 valence electrons. The van der Waals surface area contributed by atoms with Crippen molar-refractivity contribution in [3.63, 3.8) is 0 Å². The number of ether oxygens (including phenoxy) is 2.